The number of aromatic hydroxyl groups is 1. The lowest BCUT2D eigenvalue weighted by Crippen LogP contribution is -2.42. The van der Waals surface area contributed by atoms with E-state index in [0.29, 0.717) is 5.56 Å². The summed E-state index contributed by atoms with van der Waals surface area (Å²) in [7, 11) is 1.24. The van der Waals surface area contributed by atoms with E-state index < -0.39 is 58.9 Å². The number of phenolic OH excluding ortho intramolecular Hbond substituents is 1. The van der Waals surface area contributed by atoms with Crippen LogP contribution < -0.4 is 21.3 Å². The average molecular weight is 816 g/mol. The summed E-state index contributed by atoms with van der Waals surface area (Å²) in [6, 6.07) is 4.16. The number of carbonyl (C=O) groups excluding carboxylic acids is 6. The van der Waals surface area contributed by atoms with Crippen LogP contribution in [-0.4, -0.2) is 105 Å². The first-order valence-electron chi connectivity index (χ1n) is 17.2. The van der Waals surface area contributed by atoms with E-state index in [9.17, 15) is 33.9 Å². The number of benzene rings is 1. The van der Waals surface area contributed by atoms with E-state index >= 15 is 0 Å². The van der Waals surface area contributed by atoms with Gasteiger partial charge in [-0.1, -0.05) is 13.0 Å². The summed E-state index contributed by atoms with van der Waals surface area (Å²) in [5.41, 5.74) is -0.538. The molecule has 0 fully saturated rings. The van der Waals surface area contributed by atoms with Crippen LogP contribution in [0.3, 0.4) is 0 Å². The molecule has 0 heterocycles. The van der Waals surface area contributed by atoms with E-state index in [4.69, 9.17) is 18.9 Å². The van der Waals surface area contributed by atoms with Gasteiger partial charge >= 0.3 is 18.0 Å². The number of halogens is 1. The summed E-state index contributed by atoms with van der Waals surface area (Å²) < 4.78 is 26.3. The standard InChI is InChI=1S/C36H55BrN4O12/c1-23(33(47)52-35(2,3)4)19-25(40-34(48)53-36(5,6)7)20-24-9-10-28(42)27(21-24)41-29(43)12-15-50-17-18-51-16-14-38-30(44)22-26(37)32(46)39-13-11-31(45)49-8/h9-10,21-23,25,42H,11-20H2,1-8H3,(H,38,44)(H,39,46)(H,40,48)(H,41,43)/b26-22-/t23?,25-/m1/s1. The fourth-order valence-electron chi connectivity index (χ4n) is 4.33. The Hall–Kier alpha value is -4.22. The second-order valence-corrected chi connectivity index (χ2v) is 14.8. The van der Waals surface area contributed by atoms with Gasteiger partial charge in [0.05, 0.1) is 62.5 Å². The van der Waals surface area contributed by atoms with Crippen molar-refractivity contribution in [2.45, 2.75) is 91.4 Å². The van der Waals surface area contributed by atoms with Gasteiger partial charge in [-0.05, 0) is 88.0 Å². The Morgan fingerprint density at radius 1 is 0.868 bits per heavy atom. The molecular weight excluding hydrogens is 760 g/mol. The molecule has 0 aromatic heterocycles. The highest BCUT2D eigenvalue weighted by Crippen LogP contribution is 2.26. The number of carbonyl (C=O) groups is 6. The van der Waals surface area contributed by atoms with E-state index in [1.54, 1.807) is 60.6 Å². The van der Waals surface area contributed by atoms with Gasteiger partial charge < -0.3 is 50.1 Å². The molecule has 17 heteroatoms. The molecular formula is C36H55BrN4O12. The third kappa shape index (κ3) is 22.5. The van der Waals surface area contributed by atoms with E-state index in [-0.39, 0.29) is 81.1 Å². The molecule has 53 heavy (non-hydrogen) atoms. The number of nitrogens with one attached hydrogen (secondary N) is 4. The molecule has 0 saturated heterocycles. The number of phenols is 1. The van der Waals surface area contributed by atoms with E-state index in [1.165, 1.54) is 13.2 Å². The molecule has 0 bridgehead atoms. The third-order valence-electron chi connectivity index (χ3n) is 6.69. The summed E-state index contributed by atoms with van der Waals surface area (Å²) in [5, 5.41) is 20.9. The zero-order valence-electron chi connectivity index (χ0n) is 31.9. The summed E-state index contributed by atoms with van der Waals surface area (Å²) in [4.78, 5) is 72.9. The van der Waals surface area contributed by atoms with Gasteiger partial charge in [0, 0.05) is 25.2 Å². The van der Waals surface area contributed by atoms with Gasteiger partial charge in [-0.15, -0.1) is 0 Å². The maximum Gasteiger partial charge on any atom is 0.407 e. The molecule has 0 aliphatic rings. The number of alkyl carbamates (subject to hydrolysis) is 1. The minimum atomic E-state index is -0.729. The smallest absolute Gasteiger partial charge is 0.407 e. The first-order valence-corrected chi connectivity index (χ1v) is 18.0. The van der Waals surface area contributed by atoms with Crippen LogP contribution in [-0.2, 0) is 54.1 Å². The molecule has 0 aliphatic carbocycles. The van der Waals surface area contributed by atoms with Crippen molar-refractivity contribution in [3.63, 3.8) is 0 Å². The number of esters is 2. The average Bonchev–Trinajstić information content (AvgIpc) is 3.03. The molecule has 0 spiro atoms. The van der Waals surface area contributed by atoms with Crippen LogP contribution in [0, 0.1) is 5.92 Å². The quantitative estimate of drug-likeness (QED) is 0.0396. The molecule has 1 aromatic carbocycles. The molecule has 16 nitrogen and oxygen atoms in total. The van der Waals surface area contributed by atoms with Crippen molar-refractivity contribution in [3.8, 4) is 5.75 Å². The number of hydrogen-bond acceptors (Lipinski definition) is 12. The van der Waals surface area contributed by atoms with Crippen molar-refractivity contribution in [2.75, 3.05) is 51.9 Å². The highest BCUT2D eigenvalue weighted by Gasteiger charge is 2.27. The Morgan fingerprint density at radius 3 is 2.13 bits per heavy atom. The molecule has 5 N–H and O–H groups in total. The van der Waals surface area contributed by atoms with Crippen molar-refractivity contribution in [1.82, 2.24) is 16.0 Å². The van der Waals surface area contributed by atoms with Crippen LogP contribution in [0.15, 0.2) is 28.8 Å². The number of rotatable bonds is 21. The number of ether oxygens (including phenoxy) is 5. The van der Waals surface area contributed by atoms with Crippen LogP contribution in [0.25, 0.3) is 0 Å². The van der Waals surface area contributed by atoms with Gasteiger partial charge in [0.15, 0.2) is 0 Å². The van der Waals surface area contributed by atoms with Gasteiger partial charge in [0.1, 0.15) is 17.0 Å². The van der Waals surface area contributed by atoms with Crippen molar-refractivity contribution in [2.24, 2.45) is 5.92 Å². The van der Waals surface area contributed by atoms with Gasteiger partial charge in [0.2, 0.25) is 11.8 Å². The summed E-state index contributed by atoms with van der Waals surface area (Å²) in [6.45, 7) is 13.2. The van der Waals surface area contributed by atoms with Gasteiger partial charge in [-0.25, -0.2) is 4.79 Å². The molecule has 0 radical (unpaired) electrons. The fraction of sp³-hybridized carbons (Fsp3) is 0.611. The first-order chi connectivity index (χ1) is 24.7. The van der Waals surface area contributed by atoms with E-state index in [1.807, 2.05) is 0 Å². The van der Waals surface area contributed by atoms with Crippen molar-refractivity contribution in [1.29, 1.82) is 0 Å². The van der Waals surface area contributed by atoms with Crippen molar-refractivity contribution >= 4 is 57.4 Å². The Kier molecular flexibility index (Phi) is 20.7. The normalized spacial score (nSPS) is 12.9. The molecule has 1 aromatic rings. The van der Waals surface area contributed by atoms with Crippen LogP contribution in [0.2, 0.25) is 0 Å². The Labute approximate surface area is 319 Å². The molecule has 2 atom stereocenters. The molecule has 298 valence electrons. The lowest BCUT2D eigenvalue weighted by atomic mass is 9.95. The fourth-order valence-corrected chi connectivity index (χ4v) is 4.68. The van der Waals surface area contributed by atoms with Crippen LogP contribution in [0.1, 0.15) is 73.3 Å². The molecule has 1 rings (SSSR count). The third-order valence-corrected chi connectivity index (χ3v) is 7.28. The van der Waals surface area contributed by atoms with Crippen LogP contribution >= 0.6 is 15.9 Å². The van der Waals surface area contributed by atoms with E-state index in [0.717, 1.165) is 6.08 Å². The minimum Gasteiger partial charge on any atom is -0.506 e. The second-order valence-electron chi connectivity index (χ2n) is 14.0. The highest BCUT2D eigenvalue weighted by atomic mass is 79.9. The van der Waals surface area contributed by atoms with Crippen LogP contribution in [0.4, 0.5) is 10.5 Å². The zero-order valence-corrected chi connectivity index (χ0v) is 33.4. The minimum absolute atomic E-state index is 0.00291. The largest absolute Gasteiger partial charge is 0.506 e. The molecule has 0 aliphatic heterocycles. The first kappa shape index (κ1) is 46.8. The van der Waals surface area contributed by atoms with Gasteiger partial charge in [0.25, 0.3) is 5.91 Å². The maximum atomic E-state index is 12.7. The number of methoxy groups -OCH3 is 1. The maximum absolute atomic E-state index is 12.7. The van der Waals surface area contributed by atoms with Gasteiger partial charge in [-0.3, -0.25) is 24.0 Å². The Balaban J connectivity index is 2.53. The predicted octanol–water partition coefficient (Wildman–Crippen LogP) is 3.63. The second kappa shape index (κ2) is 23.4. The van der Waals surface area contributed by atoms with Crippen molar-refractivity contribution in [3.05, 3.63) is 34.3 Å². The number of hydrogen-bond donors (Lipinski definition) is 5. The Bertz CT molecular complexity index is 1420. The summed E-state index contributed by atoms with van der Waals surface area (Å²) >= 11 is 3.02. The number of amides is 4. The topological polar surface area (TPSA) is 217 Å². The monoisotopic (exact) mass is 814 g/mol. The van der Waals surface area contributed by atoms with Crippen molar-refractivity contribution < 1.29 is 57.6 Å². The summed E-state index contributed by atoms with van der Waals surface area (Å²) in [5.74, 6) is -3.04. The van der Waals surface area contributed by atoms with Crippen LogP contribution in [0.5, 0.6) is 5.75 Å². The SMILES string of the molecule is COC(=O)CCNC(=O)/C(Br)=C/C(=O)NCCOCCOCCC(=O)Nc1cc(C[C@@H](CC(C)C(=O)OC(C)(C)C)NC(=O)OC(C)(C)C)ccc1O. The van der Waals surface area contributed by atoms with E-state index in [2.05, 4.69) is 41.9 Å². The molecule has 4 amide bonds. The lowest BCUT2D eigenvalue weighted by Gasteiger charge is -2.27. The highest BCUT2D eigenvalue weighted by molar-refractivity contribution is 9.12. The predicted molar refractivity (Wildman–Crippen MR) is 199 cm³/mol. The molecule has 1 unspecified atom stereocenters. The lowest BCUT2D eigenvalue weighted by molar-refractivity contribution is -0.159. The number of anilines is 1. The Morgan fingerprint density at radius 2 is 1.51 bits per heavy atom. The zero-order chi connectivity index (χ0) is 40.2. The molecule has 0 saturated carbocycles. The van der Waals surface area contributed by atoms with Gasteiger partial charge in [-0.2, -0.15) is 0 Å². The summed E-state index contributed by atoms with van der Waals surface area (Å²) in [6.07, 6.45) is 0.945.